The van der Waals surface area contributed by atoms with Crippen LogP contribution in [-0.2, 0) is 12.8 Å². The third-order valence-corrected chi connectivity index (χ3v) is 5.53. The van der Waals surface area contributed by atoms with Crippen molar-refractivity contribution in [2.75, 3.05) is 0 Å². The highest BCUT2D eigenvalue weighted by Crippen LogP contribution is 2.38. The molecule has 122 valence electrons. The molecule has 0 bridgehead atoms. The summed E-state index contributed by atoms with van der Waals surface area (Å²) in [6.45, 7) is 0. The van der Waals surface area contributed by atoms with Gasteiger partial charge >= 0.3 is 0 Å². The second-order valence-corrected chi connectivity index (χ2v) is 6.98. The molecule has 25 heavy (non-hydrogen) atoms. The van der Waals surface area contributed by atoms with Crippen molar-refractivity contribution in [2.45, 2.75) is 25.7 Å². The minimum atomic E-state index is -0.189. The van der Waals surface area contributed by atoms with E-state index in [9.17, 15) is 4.39 Å². The number of rotatable bonds is 1. The maximum Gasteiger partial charge on any atom is 0.123 e. The molecule has 1 aliphatic rings. The fraction of sp³-hybridized carbons (Fsp3) is 0.167. The van der Waals surface area contributed by atoms with E-state index in [1.165, 1.54) is 57.5 Å². The Morgan fingerprint density at radius 1 is 0.640 bits per heavy atom. The zero-order chi connectivity index (χ0) is 16.8. The summed E-state index contributed by atoms with van der Waals surface area (Å²) in [4.78, 5) is 0. The Hall–Kier alpha value is -2.67. The normalized spacial score (nSPS) is 14.0. The van der Waals surface area contributed by atoms with Crippen LogP contribution in [0.5, 0.6) is 0 Å². The molecule has 0 saturated carbocycles. The van der Waals surface area contributed by atoms with Gasteiger partial charge in [0.1, 0.15) is 5.82 Å². The van der Waals surface area contributed by atoms with Crippen LogP contribution in [0.25, 0.3) is 32.7 Å². The largest absolute Gasteiger partial charge is 0.207 e. The highest BCUT2D eigenvalue weighted by molar-refractivity contribution is 6.14. The van der Waals surface area contributed by atoms with Crippen LogP contribution >= 0.6 is 0 Å². The highest BCUT2D eigenvalue weighted by atomic mass is 19.1. The van der Waals surface area contributed by atoms with Crippen molar-refractivity contribution >= 4 is 21.5 Å². The van der Waals surface area contributed by atoms with Gasteiger partial charge in [0.2, 0.25) is 0 Å². The molecular formula is C24H19F. The first-order valence-electron chi connectivity index (χ1n) is 9.03. The Morgan fingerprint density at radius 2 is 1.36 bits per heavy atom. The van der Waals surface area contributed by atoms with Gasteiger partial charge in [0.05, 0.1) is 0 Å². The molecule has 0 nitrogen and oxygen atoms in total. The molecule has 0 unspecified atom stereocenters. The van der Waals surface area contributed by atoms with Gasteiger partial charge in [-0.3, -0.25) is 0 Å². The Bertz CT molecular complexity index is 1090. The lowest BCUT2D eigenvalue weighted by Gasteiger charge is -2.20. The summed E-state index contributed by atoms with van der Waals surface area (Å²) in [6, 6.07) is 22.4. The Balaban J connectivity index is 1.90. The Kier molecular flexibility index (Phi) is 3.34. The molecule has 0 fully saturated rings. The fourth-order valence-corrected chi connectivity index (χ4v) is 4.30. The van der Waals surface area contributed by atoms with Crippen molar-refractivity contribution in [2.24, 2.45) is 0 Å². The van der Waals surface area contributed by atoms with E-state index in [4.69, 9.17) is 0 Å². The Labute approximate surface area is 146 Å². The lowest BCUT2D eigenvalue weighted by molar-refractivity contribution is 0.628. The van der Waals surface area contributed by atoms with Gasteiger partial charge in [0.25, 0.3) is 0 Å². The van der Waals surface area contributed by atoms with Gasteiger partial charge in [0.15, 0.2) is 0 Å². The van der Waals surface area contributed by atoms with Crippen molar-refractivity contribution in [3.8, 4) is 11.1 Å². The van der Waals surface area contributed by atoms with Gasteiger partial charge in [-0.1, -0.05) is 48.5 Å². The van der Waals surface area contributed by atoms with Crippen LogP contribution in [0.4, 0.5) is 4.39 Å². The van der Waals surface area contributed by atoms with Crippen molar-refractivity contribution in [1.29, 1.82) is 0 Å². The van der Waals surface area contributed by atoms with Crippen molar-refractivity contribution < 1.29 is 4.39 Å². The summed E-state index contributed by atoms with van der Waals surface area (Å²) in [7, 11) is 0. The van der Waals surface area contributed by atoms with Gasteiger partial charge in [0, 0.05) is 0 Å². The SMILES string of the molecule is Fc1ccc(-c2cc3c4c(ccc3c3ccccc23)CCCC4)cc1. The summed E-state index contributed by atoms with van der Waals surface area (Å²) < 4.78 is 13.4. The van der Waals surface area contributed by atoms with Crippen molar-refractivity contribution in [1.82, 2.24) is 0 Å². The average Bonchev–Trinajstić information content (AvgIpc) is 2.68. The summed E-state index contributed by atoms with van der Waals surface area (Å²) in [5.41, 5.74) is 5.28. The minimum absolute atomic E-state index is 0.189. The molecule has 1 aliphatic carbocycles. The van der Waals surface area contributed by atoms with Crippen LogP contribution in [-0.4, -0.2) is 0 Å². The molecule has 0 radical (unpaired) electrons. The third kappa shape index (κ3) is 2.34. The van der Waals surface area contributed by atoms with Gasteiger partial charge in [-0.05, 0) is 87.7 Å². The molecule has 0 spiro atoms. The number of hydrogen-bond acceptors (Lipinski definition) is 0. The van der Waals surface area contributed by atoms with E-state index in [1.54, 1.807) is 12.1 Å². The number of halogens is 1. The molecule has 5 rings (SSSR count). The first-order valence-corrected chi connectivity index (χ1v) is 9.03. The smallest absolute Gasteiger partial charge is 0.123 e. The van der Waals surface area contributed by atoms with Gasteiger partial charge in [-0.2, -0.15) is 0 Å². The van der Waals surface area contributed by atoms with Gasteiger partial charge in [-0.25, -0.2) is 4.39 Å². The zero-order valence-corrected chi connectivity index (χ0v) is 14.1. The number of aryl methyl sites for hydroxylation is 2. The van der Waals surface area contributed by atoms with Crippen LogP contribution in [0, 0.1) is 5.82 Å². The van der Waals surface area contributed by atoms with E-state index in [0.717, 1.165) is 12.0 Å². The molecule has 0 aromatic heterocycles. The monoisotopic (exact) mass is 326 g/mol. The van der Waals surface area contributed by atoms with Crippen LogP contribution in [0.3, 0.4) is 0 Å². The summed E-state index contributed by atoms with van der Waals surface area (Å²) >= 11 is 0. The number of hydrogen-bond donors (Lipinski definition) is 0. The molecule has 1 heteroatoms. The molecule has 0 atom stereocenters. The molecule has 0 N–H and O–H groups in total. The van der Waals surface area contributed by atoms with E-state index >= 15 is 0 Å². The second kappa shape index (κ2) is 5.70. The number of benzene rings is 4. The summed E-state index contributed by atoms with van der Waals surface area (Å²) in [5, 5.41) is 5.22. The van der Waals surface area contributed by atoms with Gasteiger partial charge in [-0.15, -0.1) is 0 Å². The highest BCUT2D eigenvalue weighted by Gasteiger charge is 2.16. The maximum absolute atomic E-state index is 13.4. The lowest BCUT2D eigenvalue weighted by Crippen LogP contribution is -2.03. The third-order valence-electron chi connectivity index (χ3n) is 5.53. The zero-order valence-electron chi connectivity index (χ0n) is 14.1. The van der Waals surface area contributed by atoms with Crippen LogP contribution in [0.1, 0.15) is 24.0 Å². The van der Waals surface area contributed by atoms with E-state index in [0.29, 0.717) is 0 Å². The van der Waals surface area contributed by atoms with Gasteiger partial charge < -0.3 is 0 Å². The minimum Gasteiger partial charge on any atom is -0.207 e. The van der Waals surface area contributed by atoms with E-state index in [2.05, 4.69) is 42.5 Å². The standard InChI is InChI=1S/C24H19F/c25-18-12-9-17(10-13-18)23-15-24-19-6-2-1-5-16(19)11-14-22(24)20-7-3-4-8-21(20)23/h3-4,7-15H,1-2,5-6H2. The Morgan fingerprint density at radius 3 is 2.20 bits per heavy atom. The lowest BCUT2D eigenvalue weighted by atomic mass is 9.84. The van der Waals surface area contributed by atoms with E-state index in [1.807, 2.05) is 12.1 Å². The first kappa shape index (κ1) is 14.7. The average molecular weight is 326 g/mol. The molecule has 4 aromatic carbocycles. The van der Waals surface area contributed by atoms with Crippen LogP contribution in [0.2, 0.25) is 0 Å². The predicted octanol–water partition coefficient (Wildman–Crippen LogP) is 6.68. The molecular weight excluding hydrogens is 307 g/mol. The quantitative estimate of drug-likeness (QED) is 0.342. The molecule has 0 amide bonds. The second-order valence-electron chi connectivity index (χ2n) is 6.98. The van der Waals surface area contributed by atoms with Crippen LogP contribution < -0.4 is 0 Å². The topological polar surface area (TPSA) is 0 Å². The molecule has 0 saturated heterocycles. The summed E-state index contributed by atoms with van der Waals surface area (Å²) in [5.74, 6) is -0.189. The molecule has 0 heterocycles. The van der Waals surface area contributed by atoms with Crippen molar-refractivity contribution in [3.05, 3.63) is 83.7 Å². The van der Waals surface area contributed by atoms with Crippen LogP contribution in [0.15, 0.2) is 66.7 Å². The first-order chi connectivity index (χ1) is 12.3. The maximum atomic E-state index is 13.4. The molecule has 4 aromatic rings. The predicted molar refractivity (Wildman–Crippen MR) is 103 cm³/mol. The van der Waals surface area contributed by atoms with Crippen molar-refractivity contribution in [3.63, 3.8) is 0 Å². The number of fused-ring (bicyclic) bond motifs is 5. The fourth-order valence-electron chi connectivity index (χ4n) is 4.30. The van der Waals surface area contributed by atoms with E-state index < -0.39 is 0 Å². The molecule has 0 aliphatic heterocycles. The van der Waals surface area contributed by atoms with E-state index in [-0.39, 0.29) is 5.82 Å². The summed E-state index contributed by atoms with van der Waals surface area (Å²) in [6.07, 6.45) is 4.90.